The van der Waals surface area contributed by atoms with Crippen LogP contribution in [0.5, 0.6) is 0 Å². The number of benzene rings is 2. The summed E-state index contributed by atoms with van der Waals surface area (Å²) in [6.07, 6.45) is 4.46. The number of carbonyl (C=O) groups excluding carboxylic acids is 1. The highest BCUT2D eigenvalue weighted by Gasteiger charge is 2.16. The summed E-state index contributed by atoms with van der Waals surface area (Å²) >= 11 is 0. The molecule has 3 N–H and O–H groups in total. The first-order valence-corrected chi connectivity index (χ1v) is 9.94. The van der Waals surface area contributed by atoms with E-state index in [1.54, 1.807) is 12.1 Å². The van der Waals surface area contributed by atoms with Gasteiger partial charge in [0.1, 0.15) is 0 Å². The van der Waals surface area contributed by atoms with Crippen molar-refractivity contribution in [1.82, 2.24) is 5.32 Å². The van der Waals surface area contributed by atoms with Crippen LogP contribution in [0.15, 0.2) is 47.4 Å². The number of hydrogen-bond acceptors (Lipinski definition) is 3. The van der Waals surface area contributed by atoms with E-state index in [-0.39, 0.29) is 16.8 Å². The summed E-state index contributed by atoms with van der Waals surface area (Å²) in [7, 11) is -3.76. The van der Waals surface area contributed by atoms with Gasteiger partial charge in [0.05, 0.1) is 10.9 Å². The van der Waals surface area contributed by atoms with E-state index in [9.17, 15) is 13.2 Å². The molecule has 1 aliphatic carbocycles. The van der Waals surface area contributed by atoms with Gasteiger partial charge in [0.25, 0.3) is 5.91 Å². The van der Waals surface area contributed by atoms with Crippen molar-refractivity contribution in [3.8, 4) is 0 Å². The minimum atomic E-state index is -3.76. The van der Waals surface area contributed by atoms with Crippen LogP contribution in [-0.4, -0.2) is 14.3 Å². The number of carbonyl (C=O) groups is 1. The summed E-state index contributed by atoms with van der Waals surface area (Å²) < 4.78 is 23.0. The fourth-order valence-electron chi connectivity index (χ4n) is 3.20. The smallest absolute Gasteiger partial charge is 0.251 e. The number of hydrogen-bond donors (Lipinski definition) is 2. The Morgan fingerprint density at radius 2 is 1.80 bits per heavy atom. The molecule has 0 aromatic heterocycles. The van der Waals surface area contributed by atoms with E-state index in [2.05, 4.69) is 5.32 Å². The molecule has 0 heterocycles. The first-order chi connectivity index (χ1) is 11.8. The van der Waals surface area contributed by atoms with E-state index < -0.39 is 10.0 Å². The van der Waals surface area contributed by atoms with Crippen LogP contribution in [-0.2, 0) is 22.9 Å². The summed E-state index contributed by atoms with van der Waals surface area (Å²) in [6, 6.07) is 11.9. The van der Waals surface area contributed by atoms with E-state index in [1.165, 1.54) is 29.7 Å². The SMILES string of the molecule is CC(NC(=O)c1ccc2c(c1)CCCC2)c1cccc(S(N)(=O)=O)c1. The summed E-state index contributed by atoms with van der Waals surface area (Å²) in [6.45, 7) is 1.82. The molecule has 0 spiro atoms. The zero-order chi connectivity index (χ0) is 18.0. The van der Waals surface area contributed by atoms with Crippen molar-refractivity contribution in [3.05, 3.63) is 64.7 Å². The zero-order valence-electron chi connectivity index (χ0n) is 14.2. The molecule has 2 aromatic rings. The van der Waals surface area contributed by atoms with Gasteiger partial charge in [0.2, 0.25) is 10.0 Å². The van der Waals surface area contributed by atoms with Gasteiger partial charge in [-0.2, -0.15) is 0 Å². The molecule has 2 aromatic carbocycles. The van der Waals surface area contributed by atoms with Crippen molar-refractivity contribution in [2.75, 3.05) is 0 Å². The number of nitrogens with two attached hydrogens (primary N) is 1. The first kappa shape index (κ1) is 17.6. The molecule has 1 amide bonds. The van der Waals surface area contributed by atoms with Crippen molar-refractivity contribution < 1.29 is 13.2 Å². The maximum Gasteiger partial charge on any atom is 0.251 e. The Balaban J connectivity index is 1.77. The maximum absolute atomic E-state index is 12.5. The summed E-state index contributed by atoms with van der Waals surface area (Å²) in [5.41, 5.74) is 3.91. The quantitative estimate of drug-likeness (QED) is 0.880. The molecule has 25 heavy (non-hydrogen) atoms. The largest absolute Gasteiger partial charge is 0.346 e. The molecule has 0 fully saturated rings. The summed E-state index contributed by atoms with van der Waals surface area (Å²) in [5.74, 6) is -0.165. The molecule has 1 aliphatic rings. The number of rotatable bonds is 4. The highest BCUT2D eigenvalue weighted by atomic mass is 32.2. The molecule has 0 radical (unpaired) electrons. The zero-order valence-corrected chi connectivity index (χ0v) is 15.0. The molecule has 6 heteroatoms. The van der Waals surface area contributed by atoms with Gasteiger partial charge in [-0.15, -0.1) is 0 Å². The molecule has 132 valence electrons. The van der Waals surface area contributed by atoms with Crippen LogP contribution in [0, 0.1) is 0 Å². The van der Waals surface area contributed by atoms with E-state index >= 15 is 0 Å². The van der Waals surface area contributed by atoms with E-state index in [0.717, 1.165) is 19.3 Å². The third kappa shape index (κ3) is 4.08. The predicted molar refractivity (Wildman–Crippen MR) is 96.8 cm³/mol. The average molecular weight is 358 g/mol. The summed E-state index contributed by atoms with van der Waals surface area (Å²) in [4.78, 5) is 12.6. The molecule has 5 nitrogen and oxygen atoms in total. The van der Waals surface area contributed by atoms with Crippen LogP contribution in [0.3, 0.4) is 0 Å². The molecule has 0 bridgehead atoms. The first-order valence-electron chi connectivity index (χ1n) is 8.40. The fourth-order valence-corrected chi connectivity index (χ4v) is 3.77. The standard InChI is InChI=1S/C19H22N2O3S/c1-13(15-7-4-8-18(12-15)25(20,23)24)21-19(22)17-10-9-14-5-2-3-6-16(14)11-17/h4,7-13H,2-3,5-6H2,1H3,(H,21,22)(H2,20,23,24). The number of aryl methyl sites for hydroxylation is 2. The van der Waals surface area contributed by atoms with Crippen LogP contribution in [0.4, 0.5) is 0 Å². The third-order valence-electron chi connectivity index (χ3n) is 4.64. The van der Waals surface area contributed by atoms with Gasteiger partial charge in [-0.05, 0) is 73.6 Å². The van der Waals surface area contributed by atoms with Gasteiger partial charge in [-0.1, -0.05) is 18.2 Å². The number of sulfonamides is 1. The van der Waals surface area contributed by atoms with Crippen molar-refractivity contribution >= 4 is 15.9 Å². The fraction of sp³-hybridized carbons (Fsp3) is 0.316. The molecule has 1 atom stereocenters. The van der Waals surface area contributed by atoms with Crippen LogP contribution in [0.2, 0.25) is 0 Å². The number of amides is 1. The van der Waals surface area contributed by atoms with Gasteiger partial charge in [-0.3, -0.25) is 4.79 Å². The van der Waals surface area contributed by atoms with E-state index in [4.69, 9.17) is 5.14 Å². The van der Waals surface area contributed by atoms with E-state index in [1.807, 2.05) is 25.1 Å². The second kappa shape index (κ2) is 6.98. The predicted octanol–water partition coefficient (Wildman–Crippen LogP) is 2.70. The minimum Gasteiger partial charge on any atom is -0.346 e. The highest BCUT2D eigenvalue weighted by molar-refractivity contribution is 7.89. The van der Waals surface area contributed by atoms with Gasteiger partial charge < -0.3 is 5.32 Å². The highest BCUT2D eigenvalue weighted by Crippen LogP contribution is 2.23. The molecule has 1 unspecified atom stereocenters. The van der Waals surface area contributed by atoms with Crippen LogP contribution < -0.4 is 10.5 Å². The number of fused-ring (bicyclic) bond motifs is 1. The molecule has 0 saturated heterocycles. The lowest BCUT2D eigenvalue weighted by atomic mass is 9.90. The van der Waals surface area contributed by atoms with Crippen molar-refractivity contribution in [3.63, 3.8) is 0 Å². The molecule has 3 rings (SSSR count). The molecule has 0 aliphatic heterocycles. The van der Waals surface area contributed by atoms with E-state index in [0.29, 0.717) is 11.1 Å². The van der Waals surface area contributed by atoms with Gasteiger partial charge >= 0.3 is 0 Å². The lowest BCUT2D eigenvalue weighted by Gasteiger charge is -2.18. The van der Waals surface area contributed by atoms with Gasteiger partial charge in [-0.25, -0.2) is 13.6 Å². The Labute approximate surface area is 148 Å². The third-order valence-corrected chi connectivity index (χ3v) is 5.56. The Hall–Kier alpha value is -2.18. The number of primary sulfonamides is 1. The topological polar surface area (TPSA) is 89.3 Å². The number of nitrogens with one attached hydrogen (secondary N) is 1. The Bertz CT molecular complexity index is 907. The Kier molecular flexibility index (Phi) is 4.92. The Morgan fingerprint density at radius 1 is 1.08 bits per heavy atom. The minimum absolute atomic E-state index is 0.0416. The normalized spacial score (nSPS) is 15.3. The lowest BCUT2D eigenvalue weighted by molar-refractivity contribution is 0.0939. The van der Waals surface area contributed by atoms with Crippen molar-refractivity contribution in [1.29, 1.82) is 0 Å². The monoisotopic (exact) mass is 358 g/mol. The molecule has 0 saturated carbocycles. The molecular formula is C19H22N2O3S. The average Bonchev–Trinajstić information content (AvgIpc) is 2.60. The van der Waals surface area contributed by atoms with Crippen molar-refractivity contribution in [2.24, 2.45) is 5.14 Å². The van der Waals surface area contributed by atoms with Gasteiger partial charge in [0.15, 0.2) is 0 Å². The maximum atomic E-state index is 12.5. The lowest BCUT2D eigenvalue weighted by Crippen LogP contribution is -2.27. The van der Waals surface area contributed by atoms with Gasteiger partial charge in [0, 0.05) is 5.56 Å². The summed E-state index contributed by atoms with van der Waals surface area (Å²) in [5, 5.41) is 8.09. The second-order valence-electron chi connectivity index (χ2n) is 6.50. The second-order valence-corrected chi connectivity index (χ2v) is 8.06. The Morgan fingerprint density at radius 3 is 2.52 bits per heavy atom. The van der Waals surface area contributed by atoms with Crippen LogP contribution in [0.25, 0.3) is 0 Å². The van der Waals surface area contributed by atoms with Crippen LogP contribution in [0.1, 0.15) is 52.9 Å². The molecular weight excluding hydrogens is 336 g/mol. The van der Waals surface area contributed by atoms with Crippen LogP contribution >= 0.6 is 0 Å². The van der Waals surface area contributed by atoms with Crippen molar-refractivity contribution in [2.45, 2.75) is 43.5 Å².